The SMILES string of the molecule is O=C(O)c1cc(OCc2ccc([N+](=O)[O-])cc2Cl)cs1. The Morgan fingerprint density at radius 3 is 2.75 bits per heavy atom. The molecule has 0 aliphatic heterocycles. The lowest BCUT2D eigenvalue weighted by Gasteiger charge is -2.05. The first-order chi connectivity index (χ1) is 9.47. The molecule has 0 amide bonds. The number of thiophene rings is 1. The fourth-order valence-electron chi connectivity index (χ4n) is 1.43. The van der Waals surface area contributed by atoms with Crippen molar-refractivity contribution >= 4 is 34.6 Å². The zero-order chi connectivity index (χ0) is 14.7. The van der Waals surface area contributed by atoms with Gasteiger partial charge in [-0.2, -0.15) is 0 Å². The smallest absolute Gasteiger partial charge is 0.346 e. The standard InChI is InChI=1S/C12H8ClNO5S/c13-10-3-8(14(17)18)2-1-7(10)5-19-9-4-11(12(15)16)20-6-9/h1-4,6H,5H2,(H,15,16). The summed E-state index contributed by atoms with van der Waals surface area (Å²) in [7, 11) is 0. The molecule has 0 aliphatic carbocycles. The molecule has 0 radical (unpaired) electrons. The van der Waals surface area contributed by atoms with Crippen molar-refractivity contribution in [2.45, 2.75) is 6.61 Å². The minimum Gasteiger partial charge on any atom is -0.488 e. The van der Waals surface area contributed by atoms with E-state index >= 15 is 0 Å². The van der Waals surface area contributed by atoms with Gasteiger partial charge in [0.25, 0.3) is 5.69 Å². The summed E-state index contributed by atoms with van der Waals surface area (Å²) in [6.07, 6.45) is 0. The first kappa shape index (κ1) is 14.3. The lowest BCUT2D eigenvalue weighted by molar-refractivity contribution is -0.384. The molecule has 8 heteroatoms. The van der Waals surface area contributed by atoms with Crippen molar-refractivity contribution in [1.29, 1.82) is 0 Å². The number of carbonyl (C=O) groups is 1. The van der Waals surface area contributed by atoms with Gasteiger partial charge in [-0.25, -0.2) is 4.79 Å². The Morgan fingerprint density at radius 1 is 1.45 bits per heavy atom. The van der Waals surface area contributed by atoms with Gasteiger partial charge in [0, 0.05) is 29.1 Å². The van der Waals surface area contributed by atoms with Crippen LogP contribution in [0.25, 0.3) is 0 Å². The summed E-state index contributed by atoms with van der Waals surface area (Å²) in [6.45, 7) is 0.104. The molecule has 2 rings (SSSR count). The van der Waals surface area contributed by atoms with Crippen LogP contribution in [-0.2, 0) is 6.61 Å². The summed E-state index contributed by atoms with van der Waals surface area (Å²) in [4.78, 5) is 20.9. The second-order valence-electron chi connectivity index (χ2n) is 3.77. The van der Waals surface area contributed by atoms with Crippen molar-refractivity contribution in [3.63, 3.8) is 0 Å². The van der Waals surface area contributed by atoms with Crippen molar-refractivity contribution in [3.8, 4) is 5.75 Å². The Balaban J connectivity index is 2.06. The van der Waals surface area contributed by atoms with Gasteiger partial charge < -0.3 is 9.84 Å². The number of halogens is 1. The summed E-state index contributed by atoms with van der Waals surface area (Å²) in [5.41, 5.74) is 0.489. The number of hydrogen-bond donors (Lipinski definition) is 1. The number of hydrogen-bond acceptors (Lipinski definition) is 5. The van der Waals surface area contributed by atoms with Crippen molar-refractivity contribution in [3.05, 3.63) is 55.2 Å². The van der Waals surface area contributed by atoms with Gasteiger partial charge in [-0.05, 0) is 6.07 Å². The third-order valence-electron chi connectivity index (χ3n) is 2.43. The number of nitro benzene ring substituents is 1. The highest BCUT2D eigenvalue weighted by Gasteiger charge is 2.11. The molecule has 0 unspecified atom stereocenters. The van der Waals surface area contributed by atoms with Crippen LogP contribution in [0.15, 0.2) is 29.6 Å². The fraction of sp³-hybridized carbons (Fsp3) is 0.0833. The number of carboxylic acids is 1. The van der Waals surface area contributed by atoms with E-state index in [2.05, 4.69) is 0 Å². The van der Waals surface area contributed by atoms with Crippen LogP contribution in [-0.4, -0.2) is 16.0 Å². The van der Waals surface area contributed by atoms with Crippen LogP contribution in [0, 0.1) is 10.1 Å². The zero-order valence-electron chi connectivity index (χ0n) is 9.91. The minimum absolute atomic E-state index is 0.0950. The van der Waals surface area contributed by atoms with Gasteiger partial charge in [0.05, 0.1) is 9.95 Å². The molecule has 0 bridgehead atoms. The Hall–Kier alpha value is -2.12. The van der Waals surface area contributed by atoms with Crippen molar-refractivity contribution < 1.29 is 19.6 Å². The minimum atomic E-state index is -1.02. The molecule has 0 spiro atoms. The lowest BCUT2D eigenvalue weighted by atomic mass is 10.2. The average molecular weight is 314 g/mol. The molecule has 0 saturated heterocycles. The predicted octanol–water partition coefficient (Wildman–Crippen LogP) is 3.59. The summed E-state index contributed by atoms with van der Waals surface area (Å²) in [5.74, 6) is -0.597. The largest absolute Gasteiger partial charge is 0.488 e. The number of carboxylic acid groups (broad SMARTS) is 1. The number of aromatic carboxylic acids is 1. The summed E-state index contributed by atoms with van der Waals surface area (Å²) >= 11 is 6.98. The van der Waals surface area contributed by atoms with E-state index in [1.807, 2.05) is 0 Å². The van der Waals surface area contributed by atoms with Crippen molar-refractivity contribution in [2.75, 3.05) is 0 Å². The molecule has 1 aromatic carbocycles. The number of nitro groups is 1. The molecule has 6 nitrogen and oxygen atoms in total. The van der Waals surface area contributed by atoms with Crippen LogP contribution in [0.3, 0.4) is 0 Å². The van der Waals surface area contributed by atoms with Gasteiger partial charge in [-0.3, -0.25) is 10.1 Å². The highest BCUT2D eigenvalue weighted by atomic mass is 35.5. The summed E-state index contributed by atoms with van der Waals surface area (Å²) in [6, 6.07) is 5.49. The van der Waals surface area contributed by atoms with Gasteiger partial charge in [-0.15, -0.1) is 11.3 Å². The average Bonchev–Trinajstić information content (AvgIpc) is 2.86. The normalized spacial score (nSPS) is 10.2. The maximum Gasteiger partial charge on any atom is 0.346 e. The molecule has 0 saturated carbocycles. The molecule has 1 heterocycles. The number of non-ortho nitro benzene ring substituents is 1. The summed E-state index contributed by atoms with van der Waals surface area (Å²) in [5, 5.41) is 21.2. The highest BCUT2D eigenvalue weighted by molar-refractivity contribution is 7.12. The maximum atomic E-state index is 10.7. The molecule has 20 heavy (non-hydrogen) atoms. The van der Waals surface area contributed by atoms with Gasteiger partial charge in [0.1, 0.15) is 17.2 Å². The lowest BCUT2D eigenvalue weighted by Crippen LogP contribution is -1.97. The molecule has 104 valence electrons. The van der Waals surface area contributed by atoms with Crippen molar-refractivity contribution in [1.82, 2.24) is 0 Å². The second kappa shape index (κ2) is 5.89. The van der Waals surface area contributed by atoms with Crippen LogP contribution in [0.5, 0.6) is 5.75 Å². The number of ether oxygens (including phenoxy) is 1. The van der Waals surface area contributed by atoms with Gasteiger partial charge in [-0.1, -0.05) is 11.6 Å². The molecule has 1 N–H and O–H groups in total. The van der Waals surface area contributed by atoms with E-state index in [4.69, 9.17) is 21.4 Å². The number of rotatable bonds is 5. The van der Waals surface area contributed by atoms with E-state index in [1.165, 1.54) is 24.3 Å². The van der Waals surface area contributed by atoms with E-state index in [0.29, 0.717) is 11.3 Å². The molecule has 1 aromatic heterocycles. The Bertz CT molecular complexity index is 670. The molecule has 0 aliphatic rings. The third kappa shape index (κ3) is 3.25. The van der Waals surface area contributed by atoms with E-state index in [0.717, 1.165) is 11.3 Å². The van der Waals surface area contributed by atoms with Crippen LogP contribution in [0.2, 0.25) is 5.02 Å². The van der Waals surface area contributed by atoms with Crippen molar-refractivity contribution in [2.24, 2.45) is 0 Å². The number of nitrogens with zero attached hydrogens (tertiary/aromatic N) is 1. The van der Waals surface area contributed by atoms with E-state index in [-0.39, 0.29) is 22.2 Å². The Morgan fingerprint density at radius 2 is 2.20 bits per heavy atom. The third-order valence-corrected chi connectivity index (χ3v) is 3.68. The maximum absolute atomic E-state index is 10.7. The molecule has 0 atom stereocenters. The van der Waals surface area contributed by atoms with E-state index in [1.54, 1.807) is 5.38 Å². The van der Waals surface area contributed by atoms with Crippen LogP contribution in [0.4, 0.5) is 5.69 Å². The van der Waals surface area contributed by atoms with Crippen LogP contribution in [0.1, 0.15) is 15.2 Å². The number of benzene rings is 1. The Kier molecular flexibility index (Phi) is 4.21. The Labute approximate surface area is 122 Å². The van der Waals surface area contributed by atoms with Crippen LogP contribution < -0.4 is 4.74 Å². The quantitative estimate of drug-likeness (QED) is 0.673. The van der Waals surface area contributed by atoms with Gasteiger partial charge in [0.2, 0.25) is 0 Å². The van der Waals surface area contributed by atoms with Gasteiger partial charge in [0.15, 0.2) is 0 Å². The topological polar surface area (TPSA) is 89.7 Å². The fourth-order valence-corrected chi connectivity index (χ4v) is 2.33. The van der Waals surface area contributed by atoms with Gasteiger partial charge >= 0.3 is 5.97 Å². The second-order valence-corrected chi connectivity index (χ2v) is 5.09. The van der Waals surface area contributed by atoms with E-state index < -0.39 is 10.9 Å². The van der Waals surface area contributed by atoms with E-state index in [9.17, 15) is 14.9 Å². The monoisotopic (exact) mass is 313 g/mol. The molecule has 2 aromatic rings. The first-order valence-corrected chi connectivity index (χ1v) is 6.60. The predicted molar refractivity (Wildman–Crippen MR) is 73.7 cm³/mol. The first-order valence-electron chi connectivity index (χ1n) is 5.35. The summed E-state index contributed by atoms with van der Waals surface area (Å²) < 4.78 is 5.40. The van der Waals surface area contributed by atoms with Crippen LogP contribution >= 0.6 is 22.9 Å². The molecular formula is C12H8ClNO5S. The molecule has 0 fully saturated rings. The molecular weight excluding hydrogens is 306 g/mol. The highest BCUT2D eigenvalue weighted by Crippen LogP contribution is 2.26. The zero-order valence-corrected chi connectivity index (χ0v) is 11.5.